The van der Waals surface area contributed by atoms with Gasteiger partial charge in [0.1, 0.15) is 18.3 Å². The number of nitrogens with one attached hydrogen (secondary N) is 1. The van der Waals surface area contributed by atoms with Gasteiger partial charge in [0.2, 0.25) is 11.8 Å². The van der Waals surface area contributed by atoms with Crippen molar-refractivity contribution in [2.45, 2.75) is 37.8 Å². The van der Waals surface area contributed by atoms with Gasteiger partial charge in [-0.25, -0.2) is 8.42 Å². The summed E-state index contributed by atoms with van der Waals surface area (Å²) in [5, 5.41) is 2.96. The average Bonchev–Trinajstić information content (AvgIpc) is 2.93. The van der Waals surface area contributed by atoms with Crippen molar-refractivity contribution in [3.63, 3.8) is 0 Å². The standard InChI is InChI=1S/C28H32ClN3O5S/c1-4-25(28(34)30-5-2)31(19-21-15-17-22(37-3)18-16-21)27(33)20-32(26-14-10-9-13-24(26)29)38(35,36)23-11-7-6-8-12-23/h6-18,25H,4-5,19-20H2,1-3H3,(H,30,34)/t25-/m1/s1. The van der Waals surface area contributed by atoms with E-state index in [1.165, 1.54) is 17.0 Å². The van der Waals surface area contributed by atoms with E-state index in [1.54, 1.807) is 87.7 Å². The zero-order chi connectivity index (χ0) is 27.7. The fourth-order valence-electron chi connectivity index (χ4n) is 4.03. The summed E-state index contributed by atoms with van der Waals surface area (Å²) in [6, 6.07) is 20.6. The van der Waals surface area contributed by atoms with E-state index in [1.807, 2.05) is 0 Å². The van der Waals surface area contributed by atoms with E-state index in [4.69, 9.17) is 16.3 Å². The largest absolute Gasteiger partial charge is 0.497 e. The number of ether oxygens (including phenoxy) is 1. The number of benzene rings is 3. The van der Waals surface area contributed by atoms with Gasteiger partial charge in [-0.2, -0.15) is 0 Å². The second-order valence-corrected chi connectivity index (χ2v) is 10.7. The zero-order valence-corrected chi connectivity index (χ0v) is 23.2. The SMILES string of the molecule is CCNC(=O)[C@@H](CC)N(Cc1ccc(OC)cc1)C(=O)CN(c1ccccc1Cl)S(=O)(=O)c1ccccc1. The highest BCUT2D eigenvalue weighted by molar-refractivity contribution is 7.92. The summed E-state index contributed by atoms with van der Waals surface area (Å²) in [6.07, 6.45) is 0.339. The quantitative estimate of drug-likeness (QED) is 0.354. The Bertz CT molecular complexity index is 1330. The monoisotopic (exact) mass is 557 g/mol. The molecule has 0 saturated carbocycles. The topological polar surface area (TPSA) is 96.0 Å². The predicted molar refractivity (Wildman–Crippen MR) is 149 cm³/mol. The van der Waals surface area contributed by atoms with Crippen LogP contribution in [-0.4, -0.2) is 51.4 Å². The second-order valence-electron chi connectivity index (χ2n) is 8.46. The third-order valence-corrected chi connectivity index (χ3v) is 8.07. The van der Waals surface area contributed by atoms with Gasteiger partial charge in [0, 0.05) is 13.1 Å². The highest BCUT2D eigenvalue weighted by Crippen LogP contribution is 2.30. The number of carbonyl (C=O) groups is 2. The lowest BCUT2D eigenvalue weighted by Crippen LogP contribution is -2.52. The molecule has 10 heteroatoms. The summed E-state index contributed by atoms with van der Waals surface area (Å²) in [6.45, 7) is 3.55. The molecule has 8 nitrogen and oxygen atoms in total. The van der Waals surface area contributed by atoms with Gasteiger partial charge in [-0.15, -0.1) is 0 Å². The molecule has 1 atom stereocenters. The van der Waals surface area contributed by atoms with E-state index in [0.29, 0.717) is 18.7 Å². The molecule has 38 heavy (non-hydrogen) atoms. The maximum Gasteiger partial charge on any atom is 0.264 e. The molecule has 0 saturated heterocycles. The van der Waals surface area contributed by atoms with Crippen LogP contribution in [0.1, 0.15) is 25.8 Å². The molecule has 202 valence electrons. The molecular formula is C28H32ClN3O5S. The first-order chi connectivity index (χ1) is 18.2. The molecule has 0 aliphatic heterocycles. The Labute approximate surface area is 229 Å². The number of anilines is 1. The molecule has 2 amide bonds. The Morgan fingerprint density at radius 1 is 0.947 bits per heavy atom. The first kappa shape index (κ1) is 29.0. The summed E-state index contributed by atoms with van der Waals surface area (Å²) in [5.74, 6) is -0.202. The number of carbonyl (C=O) groups excluding carboxylic acids is 2. The Balaban J connectivity index is 2.05. The van der Waals surface area contributed by atoms with E-state index in [9.17, 15) is 18.0 Å². The molecule has 0 spiro atoms. The fraction of sp³-hybridized carbons (Fsp3) is 0.286. The number of rotatable bonds is 12. The summed E-state index contributed by atoms with van der Waals surface area (Å²) >= 11 is 6.41. The molecule has 3 aromatic rings. The Morgan fingerprint density at radius 3 is 2.16 bits per heavy atom. The van der Waals surface area contributed by atoms with Crippen molar-refractivity contribution in [3.05, 3.63) is 89.4 Å². The number of nitrogens with zero attached hydrogens (tertiary/aromatic N) is 2. The minimum atomic E-state index is -4.17. The van der Waals surface area contributed by atoms with Crippen molar-refractivity contribution in [1.82, 2.24) is 10.2 Å². The molecule has 0 heterocycles. The molecule has 1 N–H and O–H groups in total. The average molecular weight is 558 g/mol. The Morgan fingerprint density at radius 2 is 1.58 bits per heavy atom. The summed E-state index contributed by atoms with van der Waals surface area (Å²) in [4.78, 5) is 28.3. The van der Waals surface area contributed by atoms with Gasteiger partial charge in [-0.1, -0.05) is 61.0 Å². The lowest BCUT2D eigenvalue weighted by atomic mass is 10.1. The van der Waals surface area contributed by atoms with E-state index >= 15 is 0 Å². The van der Waals surface area contributed by atoms with Crippen LogP contribution in [-0.2, 0) is 26.2 Å². The lowest BCUT2D eigenvalue weighted by molar-refractivity contribution is -0.140. The van der Waals surface area contributed by atoms with Crippen LogP contribution < -0.4 is 14.4 Å². The van der Waals surface area contributed by atoms with Crippen LogP contribution in [0.5, 0.6) is 5.75 Å². The number of halogens is 1. The van der Waals surface area contributed by atoms with Gasteiger partial charge in [-0.3, -0.25) is 13.9 Å². The molecule has 3 aromatic carbocycles. The maximum absolute atomic E-state index is 13.9. The smallest absolute Gasteiger partial charge is 0.264 e. The number of amides is 2. The minimum Gasteiger partial charge on any atom is -0.497 e. The molecule has 0 radical (unpaired) electrons. The Hall–Kier alpha value is -3.56. The van der Waals surface area contributed by atoms with Crippen molar-refractivity contribution in [1.29, 1.82) is 0 Å². The van der Waals surface area contributed by atoms with Crippen molar-refractivity contribution in [2.24, 2.45) is 0 Å². The zero-order valence-electron chi connectivity index (χ0n) is 21.6. The van der Waals surface area contributed by atoms with Gasteiger partial charge in [0.15, 0.2) is 0 Å². The van der Waals surface area contributed by atoms with E-state index in [-0.39, 0.29) is 28.1 Å². The van der Waals surface area contributed by atoms with Crippen molar-refractivity contribution in [3.8, 4) is 5.75 Å². The van der Waals surface area contributed by atoms with Crippen LogP contribution >= 0.6 is 11.6 Å². The highest BCUT2D eigenvalue weighted by Gasteiger charge is 2.34. The summed E-state index contributed by atoms with van der Waals surface area (Å²) in [7, 11) is -2.61. The summed E-state index contributed by atoms with van der Waals surface area (Å²) in [5.41, 5.74) is 0.930. The van der Waals surface area contributed by atoms with Crippen LogP contribution in [0.2, 0.25) is 5.02 Å². The number of hydrogen-bond acceptors (Lipinski definition) is 5. The van der Waals surface area contributed by atoms with E-state index in [2.05, 4.69) is 5.32 Å². The molecule has 0 aliphatic rings. The van der Waals surface area contributed by atoms with Gasteiger partial charge in [0.05, 0.1) is 22.7 Å². The van der Waals surface area contributed by atoms with Gasteiger partial charge in [-0.05, 0) is 55.3 Å². The van der Waals surface area contributed by atoms with E-state index in [0.717, 1.165) is 9.87 Å². The van der Waals surface area contributed by atoms with Crippen LogP contribution in [0, 0.1) is 0 Å². The van der Waals surface area contributed by atoms with Crippen LogP contribution in [0.15, 0.2) is 83.8 Å². The molecule has 0 unspecified atom stereocenters. The van der Waals surface area contributed by atoms with Crippen molar-refractivity contribution >= 4 is 39.1 Å². The molecule has 3 rings (SSSR count). The first-order valence-corrected chi connectivity index (χ1v) is 14.1. The number of hydrogen-bond donors (Lipinski definition) is 1. The predicted octanol–water partition coefficient (Wildman–Crippen LogP) is 4.49. The van der Waals surface area contributed by atoms with Crippen LogP contribution in [0.4, 0.5) is 5.69 Å². The van der Waals surface area contributed by atoms with Gasteiger partial charge < -0.3 is 15.0 Å². The second kappa shape index (κ2) is 13.3. The number of methoxy groups -OCH3 is 1. The fourth-order valence-corrected chi connectivity index (χ4v) is 5.77. The van der Waals surface area contributed by atoms with E-state index < -0.39 is 28.5 Å². The highest BCUT2D eigenvalue weighted by atomic mass is 35.5. The van der Waals surface area contributed by atoms with Crippen molar-refractivity contribution < 1.29 is 22.7 Å². The molecule has 0 bridgehead atoms. The number of para-hydroxylation sites is 1. The van der Waals surface area contributed by atoms with Gasteiger partial charge >= 0.3 is 0 Å². The minimum absolute atomic E-state index is 0.0187. The number of likely N-dealkylation sites (N-methyl/N-ethyl adjacent to an activating group) is 1. The molecule has 0 aliphatic carbocycles. The van der Waals surface area contributed by atoms with Crippen LogP contribution in [0.25, 0.3) is 0 Å². The maximum atomic E-state index is 13.9. The lowest BCUT2D eigenvalue weighted by Gasteiger charge is -2.33. The van der Waals surface area contributed by atoms with Crippen molar-refractivity contribution in [2.75, 3.05) is 24.5 Å². The summed E-state index contributed by atoms with van der Waals surface area (Å²) < 4.78 is 33.7. The first-order valence-electron chi connectivity index (χ1n) is 12.2. The van der Waals surface area contributed by atoms with Gasteiger partial charge in [0.25, 0.3) is 10.0 Å². The Kier molecular flexibility index (Phi) is 10.2. The third kappa shape index (κ3) is 6.85. The molecule has 0 aromatic heterocycles. The normalized spacial score (nSPS) is 11.9. The number of sulfonamides is 1. The third-order valence-electron chi connectivity index (χ3n) is 5.98. The molecule has 0 fully saturated rings. The van der Waals surface area contributed by atoms with Crippen LogP contribution in [0.3, 0.4) is 0 Å². The molecular weight excluding hydrogens is 526 g/mol.